The molecule has 0 saturated carbocycles. The topological polar surface area (TPSA) is 38.2 Å². The summed E-state index contributed by atoms with van der Waals surface area (Å²) in [5, 5.41) is 0.831. The van der Waals surface area contributed by atoms with E-state index in [-0.39, 0.29) is 11.7 Å². The number of morpholine rings is 1. The number of anilines is 1. The SMILES string of the molecule is CC1(C)CN(c2ncc(I)cn2)CC(CBr)O1. The number of alkyl halides is 1. The molecule has 2 heterocycles. The largest absolute Gasteiger partial charge is 0.368 e. The van der Waals surface area contributed by atoms with Crippen LogP contribution in [-0.4, -0.2) is 40.1 Å². The van der Waals surface area contributed by atoms with Gasteiger partial charge in [0.25, 0.3) is 0 Å². The van der Waals surface area contributed by atoms with Gasteiger partial charge in [-0.1, -0.05) is 15.9 Å². The van der Waals surface area contributed by atoms with Crippen molar-refractivity contribution < 1.29 is 4.74 Å². The molecule has 1 aliphatic heterocycles. The zero-order valence-electron chi connectivity index (χ0n) is 9.86. The molecule has 1 fully saturated rings. The summed E-state index contributed by atoms with van der Waals surface area (Å²) in [5.74, 6) is 0.785. The lowest BCUT2D eigenvalue weighted by molar-refractivity contribution is -0.0728. The number of hydrogen-bond acceptors (Lipinski definition) is 4. The van der Waals surface area contributed by atoms with Gasteiger partial charge in [0.1, 0.15) is 0 Å². The summed E-state index contributed by atoms with van der Waals surface area (Å²) in [6, 6.07) is 0. The second-order valence-corrected chi connectivity index (χ2v) is 6.63. The molecule has 1 atom stereocenters. The summed E-state index contributed by atoms with van der Waals surface area (Å²) in [7, 11) is 0. The van der Waals surface area contributed by atoms with E-state index < -0.39 is 0 Å². The Kier molecular flexibility index (Phi) is 4.25. The van der Waals surface area contributed by atoms with Gasteiger partial charge in [-0.2, -0.15) is 0 Å². The number of ether oxygens (including phenoxy) is 1. The smallest absolute Gasteiger partial charge is 0.225 e. The van der Waals surface area contributed by atoms with Crippen LogP contribution in [-0.2, 0) is 4.74 Å². The lowest BCUT2D eigenvalue weighted by Crippen LogP contribution is -2.53. The van der Waals surface area contributed by atoms with E-state index in [4.69, 9.17) is 4.74 Å². The van der Waals surface area contributed by atoms with Crippen molar-refractivity contribution in [2.24, 2.45) is 0 Å². The number of hydrogen-bond donors (Lipinski definition) is 0. The first-order valence-electron chi connectivity index (χ1n) is 5.46. The molecule has 1 aliphatic rings. The second-order valence-electron chi connectivity index (χ2n) is 4.74. The minimum absolute atomic E-state index is 0.164. The van der Waals surface area contributed by atoms with Gasteiger partial charge in [-0.3, -0.25) is 0 Å². The molecular weight excluding hydrogens is 397 g/mol. The molecule has 1 aromatic rings. The average molecular weight is 412 g/mol. The molecule has 17 heavy (non-hydrogen) atoms. The highest BCUT2D eigenvalue weighted by molar-refractivity contribution is 14.1. The molecule has 94 valence electrons. The normalized spacial score (nSPS) is 23.8. The monoisotopic (exact) mass is 411 g/mol. The molecule has 6 heteroatoms. The van der Waals surface area contributed by atoms with E-state index in [9.17, 15) is 0 Å². The van der Waals surface area contributed by atoms with Crippen molar-refractivity contribution in [3.8, 4) is 0 Å². The fraction of sp³-hybridized carbons (Fsp3) is 0.636. The van der Waals surface area contributed by atoms with E-state index in [0.717, 1.165) is 27.9 Å². The molecule has 0 N–H and O–H groups in total. The quantitative estimate of drug-likeness (QED) is 0.553. The Balaban J connectivity index is 2.17. The van der Waals surface area contributed by atoms with Crippen LogP contribution in [0.2, 0.25) is 0 Å². The lowest BCUT2D eigenvalue weighted by Gasteiger charge is -2.42. The Morgan fingerprint density at radius 2 is 2.18 bits per heavy atom. The maximum atomic E-state index is 5.95. The molecule has 1 aromatic heterocycles. The van der Waals surface area contributed by atoms with Crippen LogP contribution in [0.4, 0.5) is 5.95 Å². The van der Waals surface area contributed by atoms with Gasteiger partial charge in [0.05, 0.1) is 11.7 Å². The predicted molar refractivity (Wildman–Crippen MR) is 79.7 cm³/mol. The van der Waals surface area contributed by atoms with Crippen molar-refractivity contribution in [3.63, 3.8) is 0 Å². The van der Waals surface area contributed by atoms with Gasteiger partial charge < -0.3 is 9.64 Å². The Bertz CT molecular complexity index is 385. The summed E-state index contributed by atoms with van der Waals surface area (Å²) >= 11 is 5.69. The predicted octanol–water partition coefficient (Wildman–Crippen LogP) is 2.46. The molecule has 4 nitrogen and oxygen atoms in total. The number of halogens is 2. The van der Waals surface area contributed by atoms with Crippen molar-refractivity contribution in [2.45, 2.75) is 25.6 Å². The molecule has 0 bridgehead atoms. The van der Waals surface area contributed by atoms with Gasteiger partial charge in [-0.15, -0.1) is 0 Å². The maximum Gasteiger partial charge on any atom is 0.225 e. The number of aromatic nitrogens is 2. The Hall–Kier alpha value is 0.0500. The van der Waals surface area contributed by atoms with Crippen molar-refractivity contribution in [1.82, 2.24) is 9.97 Å². The first-order chi connectivity index (χ1) is 8.00. The third-order valence-corrected chi connectivity index (χ3v) is 3.82. The fourth-order valence-electron chi connectivity index (χ4n) is 2.00. The molecule has 0 aliphatic carbocycles. The van der Waals surface area contributed by atoms with Crippen LogP contribution < -0.4 is 4.90 Å². The van der Waals surface area contributed by atoms with Crippen molar-refractivity contribution in [3.05, 3.63) is 16.0 Å². The second kappa shape index (κ2) is 5.36. The van der Waals surface area contributed by atoms with Crippen LogP contribution >= 0.6 is 38.5 Å². The van der Waals surface area contributed by atoms with E-state index in [2.05, 4.69) is 67.2 Å². The van der Waals surface area contributed by atoms with Gasteiger partial charge in [0.2, 0.25) is 5.95 Å². The first kappa shape index (κ1) is 13.5. The van der Waals surface area contributed by atoms with Crippen molar-refractivity contribution in [1.29, 1.82) is 0 Å². The molecule has 2 rings (SSSR count). The standard InChI is InChI=1S/C11H15BrIN3O/c1-11(2)7-16(6-9(3-12)17-11)10-14-4-8(13)5-15-10/h4-5,9H,3,6-7H2,1-2H3. The van der Waals surface area contributed by atoms with Crippen molar-refractivity contribution >= 4 is 44.5 Å². The third kappa shape index (κ3) is 3.51. The molecule has 1 unspecified atom stereocenters. The minimum atomic E-state index is -0.164. The Labute approximate surface area is 123 Å². The number of nitrogens with zero attached hydrogens (tertiary/aromatic N) is 3. The maximum absolute atomic E-state index is 5.95. The summed E-state index contributed by atoms with van der Waals surface area (Å²) in [6.07, 6.45) is 3.87. The summed E-state index contributed by atoms with van der Waals surface area (Å²) in [5.41, 5.74) is -0.164. The molecule has 0 amide bonds. The van der Waals surface area contributed by atoms with Crippen molar-refractivity contribution in [2.75, 3.05) is 23.3 Å². The molecule has 0 spiro atoms. The van der Waals surface area contributed by atoms with E-state index >= 15 is 0 Å². The van der Waals surface area contributed by atoms with Gasteiger partial charge in [-0.25, -0.2) is 9.97 Å². The average Bonchev–Trinajstić information content (AvgIpc) is 2.27. The van der Waals surface area contributed by atoms with E-state index in [1.54, 1.807) is 0 Å². The number of rotatable bonds is 2. The van der Waals surface area contributed by atoms with Gasteiger partial charge in [0.15, 0.2) is 0 Å². The zero-order valence-corrected chi connectivity index (χ0v) is 13.6. The molecule has 0 radical (unpaired) electrons. The highest BCUT2D eigenvalue weighted by Gasteiger charge is 2.33. The first-order valence-corrected chi connectivity index (χ1v) is 7.66. The fourth-order valence-corrected chi connectivity index (χ4v) is 2.61. The summed E-state index contributed by atoms with van der Waals surface area (Å²) in [6.45, 7) is 5.84. The highest BCUT2D eigenvalue weighted by atomic mass is 127. The van der Waals surface area contributed by atoms with E-state index in [1.165, 1.54) is 0 Å². The Morgan fingerprint density at radius 1 is 1.53 bits per heavy atom. The van der Waals surface area contributed by atoms with Crippen LogP contribution in [0.3, 0.4) is 0 Å². The van der Waals surface area contributed by atoms with Crippen LogP contribution in [0.15, 0.2) is 12.4 Å². The summed E-state index contributed by atoms with van der Waals surface area (Å²) in [4.78, 5) is 10.9. The van der Waals surface area contributed by atoms with Gasteiger partial charge >= 0.3 is 0 Å². The molecular formula is C11H15BrIN3O. The van der Waals surface area contributed by atoms with E-state index in [0.29, 0.717) is 0 Å². The lowest BCUT2D eigenvalue weighted by atomic mass is 10.1. The van der Waals surface area contributed by atoms with Gasteiger partial charge in [0, 0.05) is 34.4 Å². The van der Waals surface area contributed by atoms with Crippen LogP contribution in [0.5, 0.6) is 0 Å². The van der Waals surface area contributed by atoms with Crippen LogP contribution in [0.1, 0.15) is 13.8 Å². The van der Waals surface area contributed by atoms with Crippen LogP contribution in [0, 0.1) is 3.57 Å². The zero-order chi connectivity index (χ0) is 12.5. The molecule has 1 saturated heterocycles. The Morgan fingerprint density at radius 3 is 2.76 bits per heavy atom. The highest BCUT2D eigenvalue weighted by Crippen LogP contribution is 2.24. The third-order valence-electron chi connectivity index (χ3n) is 2.54. The summed E-state index contributed by atoms with van der Waals surface area (Å²) < 4.78 is 7.00. The molecule has 0 aromatic carbocycles. The van der Waals surface area contributed by atoms with Gasteiger partial charge in [-0.05, 0) is 36.4 Å². The van der Waals surface area contributed by atoms with E-state index in [1.807, 2.05) is 12.4 Å². The van der Waals surface area contributed by atoms with Crippen LogP contribution in [0.25, 0.3) is 0 Å². The minimum Gasteiger partial charge on any atom is -0.368 e.